The summed E-state index contributed by atoms with van der Waals surface area (Å²) in [5, 5.41) is 0. The Hall–Kier alpha value is 0.190. The second kappa shape index (κ2) is 5.04. The van der Waals surface area contributed by atoms with Crippen molar-refractivity contribution in [1.29, 1.82) is 0 Å². The van der Waals surface area contributed by atoms with Gasteiger partial charge in [0, 0.05) is 14.1 Å². The van der Waals surface area contributed by atoms with Crippen LogP contribution in [0, 0.1) is 0 Å². The number of rotatable bonds is 4. The van der Waals surface area contributed by atoms with E-state index in [4.69, 9.17) is 12.2 Å². The van der Waals surface area contributed by atoms with Crippen LogP contribution in [-0.4, -0.2) is 38.2 Å². The minimum Gasteiger partial charge on any atom is -0.372 e. The molecule has 0 aromatic carbocycles. The Bertz CT molecular complexity index is 246. The summed E-state index contributed by atoms with van der Waals surface area (Å²) in [5.41, 5.74) is 0. The van der Waals surface area contributed by atoms with Crippen molar-refractivity contribution in [1.82, 2.24) is 4.90 Å². The molecule has 6 heteroatoms. The third-order valence-electron chi connectivity index (χ3n) is 1.29. The topological polar surface area (TPSA) is 37.4 Å². The van der Waals surface area contributed by atoms with Crippen molar-refractivity contribution in [3.05, 3.63) is 0 Å². The first kappa shape index (κ1) is 12.2. The largest absolute Gasteiger partial charge is 0.372 e. The van der Waals surface area contributed by atoms with Gasteiger partial charge in [-0.1, -0.05) is 12.2 Å². The molecule has 0 heterocycles. The average molecular weight is 227 g/mol. The predicted octanol–water partition coefficient (Wildman–Crippen LogP) is 0.915. The lowest BCUT2D eigenvalue weighted by atomic mass is 10.3. The van der Waals surface area contributed by atoms with Crippen LogP contribution < -0.4 is 0 Å². The fraction of sp³-hybridized carbons (Fsp3) is 0.833. The molecule has 0 fully saturated rings. The lowest BCUT2D eigenvalue weighted by Gasteiger charge is -2.12. The van der Waals surface area contributed by atoms with Crippen LogP contribution in [0.5, 0.6) is 0 Å². The summed E-state index contributed by atoms with van der Waals surface area (Å²) in [7, 11) is 0.560. The van der Waals surface area contributed by atoms with Crippen LogP contribution in [0.3, 0.4) is 0 Å². The Morgan fingerprint density at radius 3 is 2.33 bits per heavy atom. The average Bonchev–Trinajstić information content (AvgIpc) is 1.84. The van der Waals surface area contributed by atoms with E-state index in [0.717, 1.165) is 4.99 Å². The van der Waals surface area contributed by atoms with Gasteiger partial charge in [-0.05, 0) is 24.5 Å². The molecular formula is C6H13NO2S3. The number of hydrogen-bond acceptors (Lipinski definition) is 3. The number of thiol groups is 1. The molecule has 0 atom stereocenters. The third-order valence-corrected chi connectivity index (χ3v) is 3.21. The highest BCUT2D eigenvalue weighted by atomic mass is 33.1. The molecule has 0 amide bonds. The van der Waals surface area contributed by atoms with Gasteiger partial charge in [-0.25, -0.2) is 8.42 Å². The van der Waals surface area contributed by atoms with E-state index in [1.54, 1.807) is 4.90 Å². The van der Waals surface area contributed by atoms with Gasteiger partial charge in [0.15, 0.2) is 8.87 Å². The van der Waals surface area contributed by atoms with Crippen molar-refractivity contribution in [2.45, 2.75) is 12.8 Å². The van der Waals surface area contributed by atoms with Crippen molar-refractivity contribution >= 4 is 37.7 Å². The molecule has 0 N–H and O–H groups in total. The van der Waals surface area contributed by atoms with Crippen molar-refractivity contribution in [3.63, 3.8) is 0 Å². The van der Waals surface area contributed by atoms with Crippen molar-refractivity contribution in [2.24, 2.45) is 0 Å². The van der Waals surface area contributed by atoms with Crippen molar-refractivity contribution < 1.29 is 8.42 Å². The Labute approximate surface area is 83.9 Å². The third kappa shape index (κ3) is 6.87. The van der Waals surface area contributed by atoms with E-state index in [1.165, 1.54) is 0 Å². The Morgan fingerprint density at radius 2 is 2.00 bits per heavy atom. The van der Waals surface area contributed by atoms with Gasteiger partial charge in [-0.15, -0.1) is 0 Å². The zero-order valence-electron chi connectivity index (χ0n) is 7.15. The molecule has 0 aromatic rings. The first-order valence-corrected chi connectivity index (χ1v) is 6.59. The highest BCUT2D eigenvalue weighted by molar-refractivity contribution is 8.63. The minimum absolute atomic E-state index is 0.0874. The van der Waals surface area contributed by atoms with Crippen LogP contribution in [0.4, 0.5) is 0 Å². The van der Waals surface area contributed by atoms with Gasteiger partial charge < -0.3 is 4.90 Å². The van der Waals surface area contributed by atoms with Crippen LogP contribution in [0.1, 0.15) is 12.8 Å². The molecule has 0 saturated carbocycles. The fourth-order valence-electron chi connectivity index (χ4n) is 0.629. The van der Waals surface area contributed by atoms with E-state index in [9.17, 15) is 8.42 Å². The Kier molecular flexibility index (Phi) is 5.12. The first-order valence-electron chi connectivity index (χ1n) is 3.48. The van der Waals surface area contributed by atoms with Gasteiger partial charge in [-0.2, -0.15) is 0 Å². The van der Waals surface area contributed by atoms with Gasteiger partial charge in [0.05, 0.1) is 10.7 Å². The number of nitrogens with zero attached hydrogens (tertiary/aromatic N) is 1. The molecule has 0 radical (unpaired) electrons. The summed E-state index contributed by atoms with van der Waals surface area (Å²) in [4.78, 5) is 2.58. The molecule has 0 aliphatic carbocycles. The second-order valence-corrected chi connectivity index (χ2v) is 6.39. The van der Waals surface area contributed by atoms with E-state index in [2.05, 4.69) is 11.7 Å². The van der Waals surface area contributed by atoms with E-state index in [-0.39, 0.29) is 5.75 Å². The maximum Gasteiger partial charge on any atom is 0.198 e. The molecule has 0 rings (SSSR count). The monoisotopic (exact) mass is 227 g/mol. The van der Waals surface area contributed by atoms with E-state index >= 15 is 0 Å². The first-order chi connectivity index (χ1) is 5.33. The summed E-state index contributed by atoms with van der Waals surface area (Å²) >= 11 is 8.40. The number of thiocarbonyl (C=S) groups is 1. The molecule has 0 aliphatic heterocycles. The Balaban J connectivity index is 3.66. The molecule has 72 valence electrons. The molecule has 12 heavy (non-hydrogen) atoms. The van der Waals surface area contributed by atoms with Crippen LogP contribution in [0.15, 0.2) is 0 Å². The smallest absolute Gasteiger partial charge is 0.198 e. The van der Waals surface area contributed by atoms with Crippen LogP contribution >= 0.6 is 23.9 Å². The van der Waals surface area contributed by atoms with Crippen LogP contribution in [0.2, 0.25) is 0 Å². The van der Waals surface area contributed by atoms with E-state index in [1.807, 2.05) is 14.1 Å². The number of hydrogen-bond donors (Lipinski definition) is 1. The summed E-state index contributed by atoms with van der Waals surface area (Å²) in [6.07, 6.45) is 1.17. The fourth-order valence-corrected chi connectivity index (χ4v) is 1.67. The highest BCUT2D eigenvalue weighted by Gasteiger charge is 2.04. The molecular weight excluding hydrogens is 214 g/mol. The molecule has 0 bridgehead atoms. The predicted molar refractivity (Wildman–Crippen MR) is 58.3 cm³/mol. The summed E-state index contributed by atoms with van der Waals surface area (Å²) in [6.45, 7) is 0. The van der Waals surface area contributed by atoms with Crippen LogP contribution in [-0.2, 0) is 8.87 Å². The van der Waals surface area contributed by atoms with Gasteiger partial charge >= 0.3 is 0 Å². The van der Waals surface area contributed by atoms with Crippen molar-refractivity contribution in [3.8, 4) is 0 Å². The molecule has 0 aliphatic rings. The van der Waals surface area contributed by atoms with Crippen molar-refractivity contribution in [2.75, 3.05) is 19.8 Å². The molecule has 0 unspecified atom stereocenters. The molecule has 0 spiro atoms. The van der Waals surface area contributed by atoms with Crippen LogP contribution in [0.25, 0.3) is 0 Å². The SMILES string of the molecule is CN(C)C(=S)CCCS(=O)(=O)S. The van der Waals surface area contributed by atoms with Gasteiger partial charge in [0.1, 0.15) is 0 Å². The maximum absolute atomic E-state index is 10.6. The zero-order chi connectivity index (χ0) is 9.78. The normalized spacial score (nSPS) is 11.2. The van der Waals surface area contributed by atoms with Gasteiger partial charge in [0.25, 0.3) is 0 Å². The summed E-state index contributed by atoms with van der Waals surface area (Å²) < 4.78 is 21.2. The Morgan fingerprint density at radius 1 is 1.50 bits per heavy atom. The standard InChI is InChI=1S/C6H13NO2S3/c1-7(2)6(10)4-3-5-12(8,9)11/h3-5H2,1-2H3,(H,8,9,11). The van der Waals surface area contributed by atoms with Gasteiger partial charge in [0.2, 0.25) is 0 Å². The maximum atomic E-state index is 10.6. The zero-order valence-corrected chi connectivity index (χ0v) is 9.68. The summed E-state index contributed by atoms with van der Waals surface area (Å²) in [5.74, 6) is 0.0874. The minimum atomic E-state index is -3.13. The molecule has 0 aromatic heterocycles. The molecule has 0 saturated heterocycles. The molecule has 3 nitrogen and oxygen atoms in total. The quantitative estimate of drug-likeness (QED) is 0.440. The lowest BCUT2D eigenvalue weighted by molar-refractivity contribution is 0.602. The van der Waals surface area contributed by atoms with E-state index < -0.39 is 8.87 Å². The highest BCUT2D eigenvalue weighted by Crippen LogP contribution is 2.03. The second-order valence-electron chi connectivity index (χ2n) is 2.68. The summed E-state index contributed by atoms with van der Waals surface area (Å²) in [6, 6.07) is 0. The lowest BCUT2D eigenvalue weighted by Crippen LogP contribution is -2.19. The van der Waals surface area contributed by atoms with E-state index in [0.29, 0.717) is 12.8 Å². The van der Waals surface area contributed by atoms with Gasteiger partial charge in [-0.3, -0.25) is 0 Å².